The van der Waals surface area contributed by atoms with Gasteiger partial charge < -0.3 is 5.11 Å². The predicted octanol–water partition coefficient (Wildman–Crippen LogP) is 2.77. The maximum Gasteiger partial charge on any atom is 0.306 e. The lowest BCUT2D eigenvalue weighted by molar-refractivity contribution is -0.141. The number of hydrogen-bond acceptors (Lipinski definition) is 3. The highest BCUT2D eigenvalue weighted by Gasteiger charge is 2.22. The average molecular weight is 319 g/mol. The first-order valence-electron chi connectivity index (χ1n) is 8.03. The van der Waals surface area contributed by atoms with Crippen molar-refractivity contribution in [1.82, 2.24) is 4.72 Å². The van der Waals surface area contributed by atoms with E-state index in [1.54, 1.807) is 6.92 Å². The van der Waals surface area contributed by atoms with Crippen molar-refractivity contribution in [2.45, 2.75) is 71.3 Å². The van der Waals surface area contributed by atoms with Gasteiger partial charge in [-0.3, -0.25) is 4.79 Å². The second-order valence-corrected chi connectivity index (χ2v) is 8.27. The topological polar surface area (TPSA) is 83.5 Å². The van der Waals surface area contributed by atoms with E-state index < -0.39 is 16.0 Å². The quantitative estimate of drug-likeness (QED) is 0.684. The summed E-state index contributed by atoms with van der Waals surface area (Å²) >= 11 is 0. The molecule has 0 radical (unpaired) electrons. The summed E-state index contributed by atoms with van der Waals surface area (Å²) in [7, 11) is -3.21. The Bertz CT molecular complexity index is 415. The Morgan fingerprint density at radius 2 is 1.81 bits per heavy atom. The summed E-state index contributed by atoms with van der Waals surface area (Å²) in [5.41, 5.74) is 0. The van der Waals surface area contributed by atoms with Crippen molar-refractivity contribution in [3.8, 4) is 0 Å². The summed E-state index contributed by atoms with van der Waals surface area (Å²) in [6, 6.07) is -0.125. The van der Waals surface area contributed by atoms with Gasteiger partial charge in [0.2, 0.25) is 10.0 Å². The van der Waals surface area contributed by atoms with Gasteiger partial charge in [0.05, 0.1) is 11.7 Å². The Morgan fingerprint density at radius 3 is 2.38 bits per heavy atom. The van der Waals surface area contributed by atoms with E-state index in [0.29, 0.717) is 18.8 Å². The molecule has 0 aromatic carbocycles. The zero-order valence-corrected chi connectivity index (χ0v) is 14.0. The van der Waals surface area contributed by atoms with Gasteiger partial charge in [-0.05, 0) is 38.5 Å². The lowest BCUT2D eigenvalue weighted by Gasteiger charge is -2.22. The molecule has 124 valence electrons. The molecule has 1 aliphatic carbocycles. The van der Waals surface area contributed by atoms with Crippen LogP contribution in [0.4, 0.5) is 0 Å². The molecule has 5 nitrogen and oxygen atoms in total. The number of sulfonamides is 1. The number of rotatable bonds is 9. The highest BCUT2D eigenvalue weighted by molar-refractivity contribution is 7.89. The number of nitrogens with one attached hydrogen (secondary N) is 1. The number of hydrogen-bond donors (Lipinski definition) is 2. The van der Waals surface area contributed by atoms with E-state index in [-0.39, 0.29) is 17.7 Å². The molecule has 0 aliphatic heterocycles. The molecule has 1 saturated carbocycles. The van der Waals surface area contributed by atoms with E-state index >= 15 is 0 Å². The monoisotopic (exact) mass is 319 g/mol. The summed E-state index contributed by atoms with van der Waals surface area (Å²) in [6.45, 7) is 3.53. The zero-order valence-electron chi connectivity index (χ0n) is 13.2. The maximum atomic E-state index is 12.1. The molecule has 0 amide bonds. The first kappa shape index (κ1) is 18.4. The van der Waals surface area contributed by atoms with Crippen LogP contribution in [0.5, 0.6) is 0 Å². The summed E-state index contributed by atoms with van der Waals surface area (Å²) in [5.74, 6) is -0.616. The molecule has 2 N–H and O–H groups in total. The van der Waals surface area contributed by atoms with Crippen LogP contribution in [-0.2, 0) is 14.8 Å². The summed E-state index contributed by atoms with van der Waals surface area (Å²) in [6.07, 6.45) is 7.54. The van der Waals surface area contributed by atoms with Gasteiger partial charge in [-0.2, -0.15) is 0 Å². The van der Waals surface area contributed by atoms with E-state index in [1.807, 2.05) is 6.92 Å². The van der Waals surface area contributed by atoms with Crippen molar-refractivity contribution < 1.29 is 18.3 Å². The normalized spacial score (nSPS) is 20.1. The lowest BCUT2D eigenvalue weighted by atomic mass is 9.91. The van der Waals surface area contributed by atoms with Gasteiger partial charge in [0.25, 0.3) is 0 Å². The standard InChI is InChI=1S/C15H29NO4S/c1-12(15(17)18)7-6-8-13(2)16-21(19,20)11-14-9-4-3-5-10-14/h12-14,16H,3-11H2,1-2H3,(H,17,18). The molecule has 0 saturated heterocycles. The molecule has 0 aromatic heterocycles. The van der Waals surface area contributed by atoms with Crippen LogP contribution in [0.3, 0.4) is 0 Å². The fourth-order valence-electron chi connectivity index (χ4n) is 2.93. The summed E-state index contributed by atoms with van der Waals surface area (Å²) in [5, 5.41) is 8.80. The average Bonchev–Trinajstić information content (AvgIpc) is 2.38. The summed E-state index contributed by atoms with van der Waals surface area (Å²) < 4.78 is 26.9. The van der Waals surface area contributed by atoms with Crippen LogP contribution in [0.1, 0.15) is 65.2 Å². The minimum Gasteiger partial charge on any atom is -0.481 e. The van der Waals surface area contributed by atoms with Crippen LogP contribution < -0.4 is 4.72 Å². The molecule has 1 rings (SSSR count). The molecule has 1 fully saturated rings. The van der Waals surface area contributed by atoms with Crippen molar-refractivity contribution in [3.63, 3.8) is 0 Å². The largest absolute Gasteiger partial charge is 0.481 e. The van der Waals surface area contributed by atoms with Gasteiger partial charge in [-0.25, -0.2) is 13.1 Å². The van der Waals surface area contributed by atoms with Crippen LogP contribution in [0.15, 0.2) is 0 Å². The number of aliphatic carboxylic acids is 1. The van der Waals surface area contributed by atoms with Gasteiger partial charge in [0.1, 0.15) is 0 Å². The second kappa shape index (κ2) is 8.73. The smallest absolute Gasteiger partial charge is 0.306 e. The van der Waals surface area contributed by atoms with Crippen molar-refractivity contribution in [2.24, 2.45) is 11.8 Å². The molecule has 0 heterocycles. The fourth-order valence-corrected chi connectivity index (χ4v) is 4.71. The third kappa shape index (κ3) is 7.81. The van der Waals surface area contributed by atoms with E-state index in [2.05, 4.69) is 4.72 Å². The second-order valence-electron chi connectivity index (χ2n) is 6.47. The molecule has 1 aliphatic rings. The van der Waals surface area contributed by atoms with E-state index in [4.69, 9.17) is 5.11 Å². The Kier molecular flexibility index (Phi) is 7.66. The third-order valence-electron chi connectivity index (χ3n) is 4.26. The third-order valence-corrected chi connectivity index (χ3v) is 5.93. The highest BCUT2D eigenvalue weighted by Crippen LogP contribution is 2.24. The Hall–Kier alpha value is -0.620. The molecular weight excluding hydrogens is 290 g/mol. The summed E-state index contributed by atoms with van der Waals surface area (Å²) in [4.78, 5) is 10.7. The van der Waals surface area contributed by atoms with Gasteiger partial charge in [0, 0.05) is 6.04 Å². The van der Waals surface area contributed by atoms with E-state index in [9.17, 15) is 13.2 Å². The molecule has 2 unspecified atom stereocenters. The number of carbonyl (C=O) groups is 1. The Balaban J connectivity index is 2.28. The van der Waals surface area contributed by atoms with Crippen molar-refractivity contribution in [2.75, 3.05) is 5.75 Å². The Morgan fingerprint density at radius 1 is 1.19 bits per heavy atom. The molecule has 0 spiro atoms. The van der Waals surface area contributed by atoms with Crippen LogP contribution in [0.2, 0.25) is 0 Å². The lowest BCUT2D eigenvalue weighted by Crippen LogP contribution is -2.36. The fraction of sp³-hybridized carbons (Fsp3) is 0.933. The molecule has 2 atom stereocenters. The first-order valence-corrected chi connectivity index (χ1v) is 9.68. The first-order chi connectivity index (χ1) is 9.80. The van der Waals surface area contributed by atoms with Gasteiger partial charge in [-0.15, -0.1) is 0 Å². The molecule has 6 heteroatoms. The molecular formula is C15H29NO4S. The molecule has 0 aromatic rings. The Labute approximate surface area is 128 Å². The van der Waals surface area contributed by atoms with Gasteiger partial charge >= 0.3 is 5.97 Å². The van der Waals surface area contributed by atoms with Crippen LogP contribution in [0.25, 0.3) is 0 Å². The SMILES string of the molecule is CC(CCCC(C)C(=O)O)NS(=O)(=O)CC1CCCCC1. The minimum absolute atomic E-state index is 0.125. The maximum absolute atomic E-state index is 12.1. The van der Waals surface area contributed by atoms with Crippen molar-refractivity contribution >= 4 is 16.0 Å². The highest BCUT2D eigenvalue weighted by atomic mass is 32.2. The zero-order chi connectivity index (χ0) is 15.9. The van der Waals surface area contributed by atoms with Gasteiger partial charge in [-0.1, -0.05) is 32.6 Å². The molecule has 0 bridgehead atoms. The number of carboxylic acids is 1. The van der Waals surface area contributed by atoms with E-state index in [0.717, 1.165) is 32.1 Å². The van der Waals surface area contributed by atoms with Gasteiger partial charge in [0.15, 0.2) is 0 Å². The molecule has 21 heavy (non-hydrogen) atoms. The van der Waals surface area contributed by atoms with Crippen molar-refractivity contribution in [3.05, 3.63) is 0 Å². The van der Waals surface area contributed by atoms with Crippen LogP contribution in [-0.4, -0.2) is 31.3 Å². The van der Waals surface area contributed by atoms with Crippen molar-refractivity contribution in [1.29, 1.82) is 0 Å². The van der Waals surface area contributed by atoms with Crippen LogP contribution >= 0.6 is 0 Å². The van der Waals surface area contributed by atoms with Crippen LogP contribution in [0, 0.1) is 11.8 Å². The number of carboxylic acid groups (broad SMARTS) is 1. The minimum atomic E-state index is -3.21. The van der Waals surface area contributed by atoms with E-state index in [1.165, 1.54) is 6.42 Å². The predicted molar refractivity (Wildman–Crippen MR) is 83.6 cm³/mol.